The van der Waals surface area contributed by atoms with Gasteiger partial charge >= 0.3 is 0 Å². The highest BCUT2D eigenvalue weighted by atomic mass is 15.3. The van der Waals surface area contributed by atoms with E-state index in [1.165, 1.54) is 0 Å². The summed E-state index contributed by atoms with van der Waals surface area (Å²) in [5, 5.41) is 4.34. The van der Waals surface area contributed by atoms with E-state index < -0.39 is 0 Å². The van der Waals surface area contributed by atoms with E-state index in [4.69, 9.17) is 0 Å². The van der Waals surface area contributed by atoms with Crippen molar-refractivity contribution in [2.24, 2.45) is 7.05 Å². The summed E-state index contributed by atoms with van der Waals surface area (Å²) in [5.41, 5.74) is 3.91. The van der Waals surface area contributed by atoms with E-state index in [9.17, 15) is 0 Å². The second kappa shape index (κ2) is 2.52. The molecular weight excluding hydrogens is 164 g/mol. The van der Waals surface area contributed by atoms with Crippen LogP contribution in [-0.2, 0) is 7.05 Å². The van der Waals surface area contributed by atoms with E-state index in [0.717, 1.165) is 28.2 Å². The number of hydrogen-bond donors (Lipinski definition) is 0. The minimum absolute atomic E-state index is 0.807. The molecule has 2 heterocycles. The highest BCUT2D eigenvalue weighted by Gasteiger charge is 2.09. The Balaban J connectivity index is 2.94. The standard InChI is InChI=1S/C9H12N4/c1-5-8-9(11-7(3)10-5)6(2)13(4)12-8/h1-4H3. The Hall–Kier alpha value is -1.45. The molecule has 13 heavy (non-hydrogen) atoms. The minimum Gasteiger partial charge on any atom is -0.270 e. The third kappa shape index (κ3) is 1.09. The highest BCUT2D eigenvalue weighted by Crippen LogP contribution is 2.16. The molecule has 0 saturated heterocycles. The first-order valence-electron chi connectivity index (χ1n) is 4.24. The molecule has 0 aliphatic carbocycles. The van der Waals surface area contributed by atoms with Crippen LogP contribution in [0.3, 0.4) is 0 Å². The van der Waals surface area contributed by atoms with Crippen molar-refractivity contribution in [1.82, 2.24) is 19.7 Å². The predicted molar refractivity (Wildman–Crippen MR) is 50.5 cm³/mol. The Morgan fingerprint density at radius 3 is 2.38 bits per heavy atom. The molecule has 0 amide bonds. The summed E-state index contributed by atoms with van der Waals surface area (Å²) in [4.78, 5) is 8.63. The molecule has 68 valence electrons. The maximum atomic E-state index is 4.36. The third-order valence-electron chi connectivity index (χ3n) is 2.25. The number of rotatable bonds is 0. The zero-order chi connectivity index (χ0) is 9.59. The van der Waals surface area contributed by atoms with Crippen molar-refractivity contribution in [3.05, 3.63) is 17.2 Å². The van der Waals surface area contributed by atoms with E-state index >= 15 is 0 Å². The summed E-state index contributed by atoms with van der Waals surface area (Å²) in [7, 11) is 1.92. The summed E-state index contributed by atoms with van der Waals surface area (Å²) >= 11 is 0. The van der Waals surface area contributed by atoms with Crippen molar-refractivity contribution in [2.75, 3.05) is 0 Å². The van der Waals surface area contributed by atoms with Crippen molar-refractivity contribution in [1.29, 1.82) is 0 Å². The molecule has 0 unspecified atom stereocenters. The first-order chi connectivity index (χ1) is 6.09. The van der Waals surface area contributed by atoms with Gasteiger partial charge in [0.1, 0.15) is 16.9 Å². The summed E-state index contributed by atoms with van der Waals surface area (Å²) in [6.07, 6.45) is 0. The average Bonchev–Trinajstić information content (AvgIpc) is 2.32. The lowest BCUT2D eigenvalue weighted by molar-refractivity contribution is 0.749. The molecule has 0 saturated carbocycles. The van der Waals surface area contributed by atoms with Gasteiger partial charge in [-0.2, -0.15) is 5.10 Å². The fourth-order valence-electron chi connectivity index (χ4n) is 1.46. The minimum atomic E-state index is 0.807. The third-order valence-corrected chi connectivity index (χ3v) is 2.25. The zero-order valence-electron chi connectivity index (χ0n) is 8.29. The van der Waals surface area contributed by atoms with E-state index in [1.54, 1.807) is 0 Å². The molecule has 0 bridgehead atoms. The van der Waals surface area contributed by atoms with Gasteiger partial charge in [0, 0.05) is 7.05 Å². The molecule has 2 aromatic heterocycles. The van der Waals surface area contributed by atoms with Crippen LogP contribution in [0.2, 0.25) is 0 Å². The van der Waals surface area contributed by atoms with Crippen molar-refractivity contribution < 1.29 is 0 Å². The lowest BCUT2D eigenvalue weighted by Gasteiger charge is -1.95. The highest BCUT2D eigenvalue weighted by molar-refractivity contribution is 5.78. The van der Waals surface area contributed by atoms with E-state index in [1.807, 2.05) is 32.5 Å². The Morgan fingerprint density at radius 1 is 1.00 bits per heavy atom. The number of aryl methyl sites for hydroxylation is 4. The first-order valence-corrected chi connectivity index (χ1v) is 4.24. The molecule has 2 rings (SSSR count). The van der Waals surface area contributed by atoms with Gasteiger partial charge in [-0.3, -0.25) is 4.68 Å². The van der Waals surface area contributed by atoms with Gasteiger partial charge in [0.25, 0.3) is 0 Å². The largest absolute Gasteiger partial charge is 0.270 e. The zero-order valence-corrected chi connectivity index (χ0v) is 8.29. The lowest BCUT2D eigenvalue weighted by Crippen LogP contribution is -1.91. The maximum absolute atomic E-state index is 4.36. The number of nitrogens with zero attached hydrogens (tertiary/aromatic N) is 4. The molecule has 0 aliphatic rings. The maximum Gasteiger partial charge on any atom is 0.132 e. The second-order valence-electron chi connectivity index (χ2n) is 3.26. The Morgan fingerprint density at radius 2 is 1.69 bits per heavy atom. The molecule has 0 aromatic carbocycles. The smallest absolute Gasteiger partial charge is 0.132 e. The molecule has 0 radical (unpaired) electrons. The molecule has 0 fully saturated rings. The SMILES string of the molecule is Cc1nc(C)c2nn(C)c(C)c2n1. The van der Waals surface area contributed by atoms with Crippen LogP contribution in [0.25, 0.3) is 11.0 Å². The topological polar surface area (TPSA) is 43.6 Å². The molecule has 0 atom stereocenters. The van der Waals surface area contributed by atoms with Crippen LogP contribution in [0.1, 0.15) is 17.2 Å². The van der Waals surface area contributed by atoms with Crippen LogP contribution in [0.5, 0.6) is 0 Å². The fourth-order valence-corrected chi connectivity index (χ4v) is 1.46. The Bertz CT molecular complexity index is 470. The van der Waals surface area contributed by atoms with Crippen LogP contribution in [0, 0.1) is 20.8 Å². The summed E-state index contributed by atoms with van der Waals surface area (Å²) in [6, 6.07) is 0. The molecule has 0 spiro atoms. The Kier molecular flexibility index (Phi) is 1.58. The average molecular weight is 176 g/mol. The van der Waals surface area contributed by atoms with Gasteiger partial charge < -0.3 is 0 Å². The van der Waals surface area contributed by atoms with Crippen LogP contribution < -0.4 is 0 Å². The van der Waals surface area contributed by atoms with E-state index in [0.29, 0.717) is 0 Å². The van der Waals surface area contributed by atoms with Crippen molar-refractivity contribution in [2.45, 2.75) is 20.8 Å². The van der Waals surface area contributed by atoms with Gasteiger partial charge in [0.2, 0.25) is 0 Å². The molecule has 2 aromatic rings. The van der Waals surface area contributed by atoms with E-state index in [2.05, 4.69) is 15.1 Å². The second-order valence-corrected chi connectivity index (χ2v) is 3.26. The lowest BCUT2D eigenvalue weighted by atomic mass is 10.3. The number of hydrogen-bond acceptors (Lipinski definition) is 3. The van der Waals surface area contributed by atoms with Crippen LogP contribution in [-0.4, -0.2) is 19.7 Å². The van der Waals surface area contributed by atoms with Crippen molar-refractivity contribution >= 4 is 11.0 Å². The quantitative estimate of drug-likeness (QED) is 0.607. The van der Waals surface area contributed by atoms with Crippen molar-refractivity contribution in [3.8, 4) is 0 Å². The summed E-state index contributed by atoms with van der Waals surface area (Å²) in [5.74, 6) is 0.807. The van der Waals surface area contributed by atoms with Gasteiger partial charge in [0.15, 0.2) is 0 Å². The fraction of sp³-hybridized carbons (Fsp3) is 0.444. The molecule has 0 N–H and O–H groups in total. The molecule has 4 nitrogen and oxygen atoms in total. The van der Waals surface area contributed by atoms with Crippen LogP contribution >= 0.6 is 0 Å². The van der Waals surface area contributed by atoms with Gasteiger partial charge in [-0.05, 0) is 20.8 Å². The molecular formula is C9H12N4. The van der Waals surface area contributed by atoms with Gasteiger partial charge in [-0.1, -0.05) is 0 Å². The van der Waals surface area contributed by atoms with Gasteiger partial charge in [-0.25, -0.2) is 9.97 Å². The normalized spacial score (nSPS) is 11.1. The van der Waals surface area contributed by atoms with Crippen molar-refractivity contribution in [3.63, 3.8) is 0 Å². The van der Waals surface area contributed by atoms with E-state index in [-0.39, 0.29) is 0 Å². The van der Waals surface area contributed by atoms with Crippen LogP contribution in [0.15, 0.2) is 0 Å². The van der Waals surface area contributed by atoms with Crippen LogP contribution in [0.4, 0.5) is 0 Å². The number of fused-ring (bicyclic) bond motifs is 1. The Labute approximate surface area is 76.6 Å². The molecule has 4 heteroatoms. The summed E-state index contributed by atoms with van der Waals surface area (Å²) < 4.78 is 1.84. The predicted octanol–water partition coefficient (Wildman–Crippen LogP) is 1.29. The van der Waals surface area contributed by atoms with Gasteiger partial charge in [-0.15, -0.1) is 0 Å². The summed E-state index contributed by atoms with van der Waals surface area (Å²) in [6.45, 7) is 5.88. The first kappa shape index (κ1) is 8.16. The molecule has 0 aliphatic heterocycles. The number of aromatic nitrogens is 4. The monoisotopic (exact) mass is 176 g/mol. The van der Waals surface area contributed by atoms with Gasteiger partial charge in [0.05, 0.1) is 11.4 Å².